The van der Waals surface area contributed by atoms with Crippen molar-refractivity contribution in [2.24, 2.45) is 0 Å². The Morgan fingerprint density at radius 1 is 1.50 bits per heavy atom. The number of hydrogen-bond donors (Lipinski definition) is 3. The van der Waals surface area contributed by atoms with E-state index >= 15 is 0 Å². The summed E-state index contributed by atoms with van der Waals surface area (Å²) in [6.45, 7) is 5.39. The lowest BCUT2D eigenvalue weighted by Gasteiger charge is -2.31. The summed E-state index contributed by atoms with van der Waals surface area (Å²) in [6, 6.07) is -0.896. The van der Waals surface area contributed by atoms with E-state index in [1.54, 1.807) is 20.8 Å². The first-order valence-corrected chi connectivity index (χ1v) is 5.23. The van der Waals surface area contributed by atoms with Gasteiger partial charge in [-0.1, -0.05) is 0 Å². The highest BCUT2D eigenvalue weighted by Crippen LogP contribution is 2.23. The largest absolute Gasteiger partial charge is 0.480 e. The maximum atomic E-state index is 10.9. The second-order valence-electron chi connectivity index (χ2n) is 5.00. The molecule has 0 saturated carbocycles. The summed E-state index contributed by atoms with van der Waals surface area (Å²) in [5.41, 5.74) is -0.573. The van der Waals surface area contributed by atoms with Crippen molar-refractivity contribution >= 4 is 5.97 Å². The first-order chi connectivity index (χ1) is 7.20. The molecule has 6 nitrogen and oxygen atoms in total. The molecule has 1 aliphatic rings. The number of carboxylic acid groups (broad SMARTS) is 1. The molecule has 0 radical (unpaired) electrons. The Balaban J connectivity index is 2.67. The smallest absolute Gasteiger partial charge is 0.321 e. The van der Waals surface area contributed by atoms with Gasteiger partial charge in [0, 0.05) is 13.0 Å². The van der Waals surface area contributed by atoms with Gasteiger partial charge in [-0.2, -0.15) is 0 Å². The maximum absolute atomic E-state index is 10.9. The van der Waals surface area contributed by atoms with Crippen LogP contribution >= 0.6 is 0 Å². The van der Waals surface area contributed by atoms with E-state index in [1.165, 1.54) is 4.90 Å². The van der Waals surface area contributed by atoms with Crippen molar-refractivity contribution in [2.45, 2.75) is 51.4 Å². The molecule has 0 bridgehead atoms. The average Bonchev–Trinajstić information content (AvgIpc) is 2.44. The van der Waals surface area contributed by atoms with Gasteiger partial charge in [0.1, 0.15) is 6.04 Å². The van der Waals surface area contributed by atoms with Gasteiger partial charge in [-0.15, -0.1) is 0 Å². The summed E-state index contributed by atoms with van der Waals surface area (Å²) in [6.07, 6.45) is -1.93. The SMILES string of the molecule is CC(C)(C)OC(O)N1C[C@@H](O)C[C@H]1C(=O)O. The first-order valence-electron chi connectivity index (χ1n) is 5.23. The summed E-state index contributed by atoms with van der Waals surface area (Å²) in [5.74, 6) is -1.06. The van der Waals surface area contributed by atoms with Crippen LogP contribution in [0.1, 0.15) is 27.2 Å². The van der Waals surface area contributed by atoms with Crippen LogP contribution in [0.15, 0.2) is 0 Å². The number of aliphatic hydroxyl groups is 2. The second kappa shape index (κ2) is 4.67. The minimum Gasteiger partial charge on any atom is -0.480 e. The lowest BCUT2D eigenvalue weighted by atomic mass is 10.2. The van der Waals surface area contributed by atoms with Gasteiger partial charge in [0.05, 0.1) is 11.7 Å². The number of hydrogen-bond acceptors (Lipinski definition) is 5. The standard InChI is InChI=1S/C10H19NO5/c1-10(2,3)16-9(15)11-5-6(12)4-7(11)8(13)14/h6-7,9,12,15H,4-5H2,1-3H3,(H,13,14)/t6-,7-,9?/m0/s1. The lowest BCUT2D eigenvalue weighted by molar-refractivity contribution is -0.244. The van der Waals surface area contributed by atoms with Gasteiger partial charge >= 0.3 is 5.97 Å². The summed E-state index contributed by atoms with van der Waals surface area (Å²) in [7, 11) is 0. The zero-order valence-corrected chi connectivity index (χ0v) is 9.75. The van der Waals surface area contributed by atoms with Gasteiger partial charge in [-0.25, -0.2) is 4.90 Å². The number of carboxylic acids is 1. The fourth-order valence-corrected chi connectivity index (χ4v) is 1.71. The highest BCUT2D eigenvalue weighted by Gasteiger charge is 2.40. The molecule has 1 heterocycles. The number of aliphatic carboxylic acids is 1. The van der Waals surface area contributed by atoms with E-state index in [-0.39, 0.29) is 13.0 Å². The first kappa shape index (κ1) is 13.4. The highest BCUT2D eigenvalue weighted by molar-refractivity contribution is 5.74. The predicted molar refractivity (Wildman–Crippen MR) is 55.6 cm³/mol. The predicted octanol–water partition coefficient (Wildman–Crippen LogP) is -0.403. The van der Waals surface area contributed by atoms with Gasteiger partial charge in [-0.05, 0) is 20.8 Å². The molecule has 0 aliphatic carbocycles. The summed E-state index contributed by atoms with van der Waals surface area (Å²) in [4.78, 5) is 12.2. The molecule has 94 valence electrons. The molecule has 6 heteroatoms. The molecule has 16 heavy (non-hydrogen) atoms. The molecular weight excluding hydrogens is 214 g/mol. The Morgan fingerprint density at radius 3 is 2.50 bits per heavy atom. The molecule has 0 aromatic rings. The molecule has 1 rings (SSSR count). The van der Waals surface area contributed by atoms with Crippen LogP contribution < -0.4 is 0 Å². The van der Waals surface area contributed by atoms with Crippen LogP contribution in [0.4, 0.5) is 0 Å². The number of rotatable bonds is 3. The van der Waals surface area contributed by atoms with Gasteiger partial charge < -0.3 is 20.1 Å². The molecule has 1 saturated heterocycles. The Bertz CT molecular complexity index is 262. The zero-order valence-electron chi connectivity index (χ0n) is 9.75. The van der Waals surface area contributed by atoms with E-state index < -0.39 is 30.1 Å². The number of β-amino-alcohol motifs (C(OH)–C–C–N with tert-alkyl or cyclic N) is 1. The highest BCUT2D eigenvalue weighted by atomic mass is 16.6. The van der Waals surface area contributed by atoms with Crippen LogP contribution in [-0.4, -0.2) is 56.9 Å². The van der Waals surface area contributed by atoms with E-state index in [2.05, 4.69) is 0 Å². The van der Waals surface area contributed by atoms with Crippen molar-refractivity contribution in [2.75, 3.05) is 6.54 Å². The monoisotopic (exact) mass is 233 g/mol. The van der Waals surface area contributed by atoms with Gasteiger partial charge in [0.2, 0.25) is 6.41 Å². The number of nitrogens with zero attached hydrogens (tertiary/aromatic N) is 1. The maximum Gasteiger partial charge on any atom is 0.321 e. The van der Waals surface area contributed by atoms with E-state index in [0.717, 1.165) is 0 Å². The van der Waals surface area contributed by atoms with Crippen molar-refractivity contribution in [3.05, 3.63) is 0 Å². The number of ether oxygens (including phenoxy) is 1. The van der Waals surface area contributed by atoms with Gasteiger partial charge in [-0.3, -0.25) is 4.79 Å². The molecule has 0 aromatic heterocycles. The van der Waals surface area contributed by atoms with Crippen LogP contribution in [-0.2, 0) is 9.53 Å². The van der Waals surface area contributed by atoms with Crippen molar-refractivity contribution in [1.82, 2.24) is 4.90 Å². The van der Waals surface area contributed by atoms with Crippen molar-refractivity contribution < 1.29 is 24.9 Å². The molecule has 0 spiro atoms. The Labute approximate surface area is 94.4 Å². The number of aliphatic hydroxyl groups excluding tert-OH is 2. The molecular formula is C10H19NO5. The second-order valence-corrected chi connectivity index (χ2v) is 5.00. The third kappa shape index (κ3) is 3.41. The third-order valence-corrected chi connectivity index (χ3v) is 2.34. The minimum absolute atomic E-state index is 0.105. The Kier molecular flexibility index (Phi) is 3.90. The summed E-state index contributed by atoms with van der Waals surface area (Å²) in [5, 5.41) is 28.1. The van der Waals surface area contributed by atoms with Crippen LogP contribution in [0, 0.1) is 0 Å². The van der Waals surface area contributed by atoms with E-state index in [0.29, 0.717) is 0 Å². The lowest BCUT2D eigenvalue weighted by Crippen LogP contribution is -2.47. The van der Waals surface area contributed by atoms with Crippen LogP contribution in [0.25, 0.3) is 0 Å². The average molecular weight is 233 g/mol. The van der Waals surface area contributed by atoms with Gasteiger partial charge in [0.25, 0.3) is 0 Å². The van der Waals surface area contributed by atoms with Crippen molar-refractivity contribution in [1.29, 1.82) is 0 Å². The molecule has 1 aliphatic heterocycles. The molecule has 1 fully saturated rings. The molecule has 1 unspecified atom stereocenters. The topological polar surface area (TPSA) is 90.2 Å². The summed E-state index contributed by atoms with van der Waals surface area (Å²) >= 11 is 0. The number of carbonyl (C=O) groups is 1. The molecule has 0 amide bonds. The van der Waals surface area contributed by atoms with E-state index in [4.69, 9.17) is 9.84 Å². The van der Waals surface area contributed by atoms with Crippen LogP contribution in [0.3, 0.4) is 0 Å². The number of likely N-dealkylation sites (tertiary alicyclic amines) is 1. The van der Waals surface area contributed by atoms with Crippen LogP contribution in [0.5, 0.6) is 0 Å². The van der Waals surface area contributed by atoms with E-state index in [9.17, 15) is 15.0 Å². The fourth-order valence-electron chi connectivity index (χ4n) is 1.71. The molecule has 3 N–H and O–H groups in total. The minimum atomic E-state index is -1.31. The Morgan fingerprint density at radius 2 is 2.06 bits per heavy atom. The van der Waals surface area contributed by atoms with Crippen molar-refractivity contribution in [3.8, 4) is 0 Å². The summed E-state index contributed by atoms with van der Waals surface area (Å²) < 4.78 is 5.26. The normalized spacial score (nSPS) is 29.3. The Hall–Kier alpha value is -0.690. The van der Waals surface area contributed by atoms with Gasteiger partial charge in [0.15, 0.2) is 0 Å². The van der Waals surface area contributed by atoms with E-state index in [1.807, 2.05) is 0 Å². The quantitative estimate of drug-likeness (QED) is 0.574. The van der Waals surface area contributed by atoms with Crippen LogP contribution in [0.2, 0.25) is 0 Å². The molecule has 3 atom stereocenters. The van der Waals surface area contributed by atoms with Crippen molar-refractivity contribution in [3.63, 3.8) is 0 Å². The molecule has 0 aromatic carbocycles. The third-order valence-electron chi connectivity index (χ3n) is 2.34. The zero-order chi connectivity index (χ0) is 12.5. The fraction of sp³-hybridized carbons (Fsp3) is 0.900.